The van der Waals surface area contributed by atoms with E-state index in [9.17, 15) is 9.18 Å². The molecule has 0 spiro atoms. The lowest BCUT2D eigenvalue weighted by Gasteiger charge is -2.20. The Labute approximate surface area is 176 Å². The number of aryl methyl sites for hydroxylation is 2. The zero-order valence-electron chi connectivity index (χ0n) is 17.8. The number of nitrogens with zero attached hydrogens (tertiary/aromatic N) is 3. The highest BCUT2D eigenvalue weighted by Crippen LogP contribution is 2.20. The summed E-state index contributed by atoms with van der Waals surface area (Å²) in [4.78, 5) is 14.6. The first-order chi connectivity index (χ1) is 14.4. The number of nitrogens with one attached hydrogen (secondary N) is 1. The van der Waals surface area contributed by atoms with Gasteiger partial charge in [0.2, 0.25) is 5.91 Å². The van der Waals surface area contributed by atoms with Gasteiger partial charge in [-0.15, -0.1) is 0 Å². The first-order valence-electron chi connectivity index (χ1n) is 9.88. The van der Waals surface area contributed by atoms with E-state index in [1.165, 1.54) is 13.2 Å². The Morgan fingerprint density at radius 2 is 1.90 bits per heavy atom. The van der Waals surface area contributed by atoms with E-state index >= 15 is 0 Å². The molecule has 158 valence electrons. The van der Waals surface area contributed by atoms with Crippen LogP contribution in [0, 0.1) is 19.7 Å². The fourth-order valence-corrected chi connectivity index (χ4v) is 3.20. The van der Waals surface area contributed by atoms with Gasteiger partial charge in [0.05, 0.1) is 25.0 Å². The van der Waals surface area contributed by atoms with Gasteiger partial charge in [-0.1, -0.05) is 30.7 Å². The van der Waals surface area contributed by atoms with Gasteiger partial charge in [-0.05, 0) is 50.2 Å². The number of carbonyl (C=O) groups excluding carboxylic acids is 1. The summed E-state index contributed by atoms with van der Waals surface area (Å²) in [5, 5.41) is 7.44. The molecule has 0 bridgehead atoms. The lowest BCUT2D eigenvalue weighted by atomic mass is 10.2. The lowest BCUT2D eigenvalue weighted by Crippen LogP contribution is -2.33. The van der Waals surface area contributed by atoms with Crippen LogP contribution in [0.5, 0.6) is 5.75 Å². The molecule has 0 saturated heterocycles. The van der Waals surface area contributed by atoms with E-state index in [1.54, 1.807) is 16.8 Å². The number of likely N-dealkylation sites (N-methyl/N-ethyl adjacent to an activating group) is 1. The van der Waals surface area contributed by atoms with Crippen molar-refractivity contribution >= 4 is 11.7 Å². The third-order valence-electron chi connectivity index (χ3n) is 4.81. The second-order valence-electron chi connectivity index (χ2n) is 7.24. The van der Waals surface area contributed by atoms with Crippen LogP contribution < -0.4 is 10.1 Å². The SMILES string of the molecule is CCN(CC(=O)Nc1cc(C)nn1-c1ccc(C)cc1)Cc1ccc(OC)c(F)c1. The second-order valence-corrected chi connectivity index (χ2v) is 7.24. The molecule has 1 amide bonds. The quantitative estimate of drug-likeness (QED) is 0.608. The third kappa shape index (κ3) is 5.24. The van der Waals surface area contributed by atoms with E-state index in [4.69, 9.17) is 4.74 Å². The van der Waals surface area contributed by atoms with Crippen LogP contribution in [0.15, 0.2) is 48.5 Å². The largest absolute Gasteiger partial charge is 0.494 e. The Bertz CT molecular complexity index is 1010. The van der Waals surface area contributed by atoms with Crippen molar-refractivity contribution in [3.05, 3.63) is 71.2 Å². The number of amides is 1. The molecule has 0 aliphatic heterocycles. The molecule has 7 heteroatoms. The lowest BCUT2D eigenvalue weighted by molar-refractivity contribution is -0.117. The summed E-state index contributed by atoms with van der Waals surface area (Å²) >= 11 is 0. The fourth-order valence-electron chi connectivity index (χ4n) is 3.20. The Morgan fingerprint density at radius 3 is 2.53 bits per heavy atom. The Kier molecular flexibility index (Phi) is 6.84. The number of rotatable bonds is 8. The van der Waals surface area contributed by atoms with Gasteiger partial charge in [0.15, 0.2) is 11.6 Å². The number of halogens is 1. The Balaban J connectivity index is 1.68. The van der Waals surface area contributed by atoms with Crippen LogP contribution in [-0.4, -0.2) is 40.8 Å². The normalized spacial score (nSPS) is 11.0. The molecule has 3 aromatic rings. The minimum atomic E-state index is -0.409. The zero-order chi connectivity index (χ0) is 21.7. The fraction of sp³-hybridized carbons (Fsp3) is 0.304. The van der Waals surface area contributed by atoms with Crippen LogP contribution in [0.1, 0.15) is 23.7 Å². The smallest absolute Gasteiger partial charge is 0.239 e. The van der Waals surface area contributed by atoms with Crippen molar-refractivity contribution in [2.24, 2.45) is 0 Å². The van der Waals surface area contributed by atoms with Gasteiger partial charge in [-0.25, -0.2) is 9.07 Å². The molecule has 0 atom stereocenters. The van der Waals surface area contributed by atoms with Crippen molar-refractivity contribution in [1.29, 1.82) is 0 Å². The van der Waals surface area contributed by atoms with Crippen molar-refractivity contribution in [3.63, 3.8) is 0 Å². The molecule has 0 aliphatic carbocycles. The van der Waals surface area contributed by atoms with E-state index in [-0.39, 0.29) is 18.2 Å². The summed E-state index contributed by atoms with van der Waals surface area (Å²) < 4.78 is 20.6. The molecule has 0 unspecified atom stereocenters. The molecular weight excluding hydrogens is 383 g/mol. The highest BCUT2D eigenvalue weighted by atomic mass is 19.1. The van der Waals surface area contributed by atoms with Crippen LogP contribution in [0.25, 0.3) is 5.69 Å². The molecular formula is C23H27FN4O2. The van der Waals surface area contributed by atoms with Gasteiger partial charge < -0.3 is 10.1 Å². The van der Waals surface area contributed by atoms with Crippen LogP contribution in [0.2, 0.25) is 0 Å². The van der Waals surface area contributed by atoms with E-state index in [0.717, 1.165) is 22.5 Å². The van der Waals surface area contributed by atoms with Gasteiger partial charge in [-0.3, -0.25) is 9.69 Å². The van der Waals surface area contributed by atoms with Crippen molar-refractivity contribution in [2.75, 3.05) is 25.5 Å². The summed E-state index contributed by atoms with van der Waals surface area (Å²) in [7, 11) is 1.43. The van der Waals surface area contributed by atoms with E-state index in [1.807, 2.05) is 56.0 Å². The Hall–Kier alpha value is -3.19. The molecule has 30 heavy (non-hydrogen) atoms. The molecule has 1 N–H and O–H groups in total. The second kappa shape index (κ2) is 9.54. The van der Waals surface area contributed by atoms with Crippen molar-refractivity contribution in [3.8, 4) is 11.4 Å². The minimum Gasteiger partial charge on any atom is -0.494 e. The molecule has 0 radical (unpaired) electrons. The van der Waals surface area contributed by atoms with E-state index in [2.05, 4.69) is 10.4 Å². The average Bonchev–Trinajstić information content (AvgIpc) is 3.08. The summed E-state index contributed by atoms with van der Waals surface area (Å²) in [6.07, 6.45) is 0. The molecule has 3 rings (SSSR count). The van der Waals surface area contributed by atoms with Gasteiger partial charge in [0, 0.05) is 12.6 Å². The maximum Gasteiger partial charge on any atom is 0.239 e. The number of aromatic nitrogens is 2. The number of ether oxygens (including phenoxy) is 1. The topological polar surface area (TPSA) is 59.4 Å². The first kappa shape index (κ1) is 21.5. The van der Waals surface area contributed by atoms with Crippen molar-refractivity contribution < 1.29 is 13.9 Å². The van der Waals surface area contributed by atoms with E-state index in [0.29, 0.717) is 18.9 Å². The predicted molar refractivity (Wildman–Crippen MR) is 116 cm³/mol. The van der Waals surface area contributed by atoms with Gasteiger partial charge in [-0.2, -0.15) is 5.10 Å². The number of methoxy groups -OCH3 is 1. The number of hydrogen-bond donors (Lipinski definition) is 1. The van der Waals surface area contributed by atoms with Crippen LogP contribution >= 0.6 is 0 Å². The highest BCUT2D eigenvalue weighted by Gasteiger charge is 2.15. The van der Waals surface area contributed by atoms with Gasteiger partial charge in [0.1, 0.15) is 5.82 Å². The monoisotopic (exact) mass is 410 g/mol. The minimum absolute atomic E-state index is 0.154. The zero-order valence-corrected chi connectivity index (χ0v) is 17.8. The van der Waals surface area contributed by atoms with Crippen molar-refractivity contribution in [2.45, 2.75) is 27.3 Å². The van der Waals surface area contributed by atoms with Gasteiger partial charge >= 0.3 is 0 Å². The third-order valence-corrected chi connectivity index (χ3v) is 4.81. The van der Waals surface area contributed by atoms with Crippen LogP contribution in [-0.2, 0) is 11.3 Å². The molecule has 0 fully saturated rings. The summed E-state index contributed by atoms with van der Waals surface area (Å²) in [5.41, 5.74) is 3.63. The van der Waals surface area contributed by atoms with Crippen molar-refractivity contribution in [1.82, 2.24) is 14.7 Å². The number of carbonyl (C=O) groups is 1. The summed E-state index contributed by atoms with van der Waals surface area (Å²) in [6, 6.07) is 14.6. The average molecular weight is 410 g/mol. The van der Waals surface area contributed by atoms with E-state index < -0.39 is 5.82 Å². The summed E-state index contributed by atoms with van der Waals surface area (Å²) in [5.74, 6) is 0.263. The number of anilines is 1. The first-order valence-corrected chi connectivity index (χ1v) is 9.88. The predicted octanol–water partition coefficient (Wildman–Crippen LogP) is 4.10. The summed E-state index contributed by atoms with van der Waals surface area (Å²) in [6.45, 7) is 7.17. The molecule has 1 heterocycles. The molecule has 1 aromatic heterocycles. The maximum atomic E-state index is 14.0. The van der Waals surface area contributed by atoms with Crippen LogP contribution in [0.4, 0.5) is 10.2 Å². The Morgan fingerprint density at radius 1 is 1.17 bits per heavy atom. The molecule has 0 aliphatic rings. The molecule has 2 aromatic carbocycles. The molecule has 0 saturated carbocycles. The van der Waals surface area contributed by atoms with Gasteiger partial charge in [0.25, 0.3) is 0 Å². The maximum absolute atomic E-state index is 14.0. The standard InChI is InChI=1S/C23H27FN4O2/c1-5-27(14-18-8-11-21(30-4)20(24)13-18)15-23(29)25-22-12-17(3)26-28(22)19-9-6-16(2)7-10-19/h6-13H,5,14-15H2,1-4H3,(H,25,29). The van der Waals surface area contributed by atoms with Crippen LogP contribution in [0.3, 0.4) is 0 Å². The number of benzene rings is 2. The molecule has 6 nitrogen and oxygen atoms in total. The highest BCUT2D eigenvalue weighted by molar-refractivity contribution is 5.91. The number of hydrogen-bond acceptors (Lipinski definition) is 4.